The van der Waals surface area contributed by atoms with Gasteiger partial charge in [-0.1, -0.05) is 0 Å². The highest BCUT2D eigenvalue weighted by Crippen LogP contribution is 2.13. The van der Waals surface area contributed by atoms with Crippen molar-refractivity contribution in [2.75, 3.05) is 32.8 Å². The second kappa shape index (κ2) is 9.69. The molecule has 2 atom stereocenters. The monoisotopic (exact) mass is 335 g/mol. The number of rotatable bonds is 7. The van der Waals surface area contributed by atoms with Crippen LogP contribution in [0.5, 0.6) is 0 Å². The highest BCUT2D eigenvalue weighted by molar-refractivity contribution is 5.79. The Morgan fingerprint density at radius 2 is 1.96 bits per heavy atom. The van der Waals surface area contributed by atoms with Crippen molar-refractivity contribution in [2.45, 2.75) is 50.7 Å². The van der Waals surface area contributed by atoms with Crippen molar-refractivity contribution >= 4 is 5.96 Å². The van der Waals surface area contributed by atoms with Crippen LogP contribution in [0.4, 0.5) is 0 Å². The SMILES string of the molecule is c1coc(CCNC(=NCC2CCCO2)NCC2CCCCO2)c1. The molecule has 2 N–H and O–H groups in total. The fraction of sp³-hybridized carbons (Fsp3) is 0.722. The van der Waals surface area contributed by atoms with Crippen LogP contribution in [0.15, 0.2) is 27.8 Å². The van der Waals surface area contributed by atoms with Crippen LogP contribution in [0.2, 0.25) is 0 Å². The zero-order valence-electron chi connectivity index (χ0n) is 14.3. The molecule has 3 rings (SSSR count). The molecule has 2 aliphatic rings. The smallest absolute Gasteiger partial charge is 0.191 e. The van der Waals surface area contributed by atoms with E-state index in [0.29, 0.717) is 12.6 Å². The Bertz CT molecular complexity index is 478. The summed E-state index contributed by atoms with van der Waals surface area (Å²) >= 11 is 0. The van der Waals surface area contributed by atoms with Gasteiger partial charge in [0, 0.05) is 32.7 Å². The third-order valence-electron chi connectivity index (χ3n) is 4.49. The van der Waals surface area contributed by atoms with Gasteiger partial charge in [-0.05, 0) is 44.2 Å². The maximum atomic E-state index is 5.78. The molecule has 1 aromatic heterocycles. The van der Waals surface area contributed by atoms with E-state index in [9.17, 15) is 0 Å². The topological polar surface area (TPSA) is 68.0 Å². The van der Waals surface area contributed by atoms with Gasteiger partial charge in [-0.25, -0.2) is 0 Å². The first kappa shape index (κ1) is 17.3. The minimum absolute atomic E-state index is 0.264. The first-order valence-electron chi connectivity index (χ1n) is 9.18. The maximum absolute atomic E-state index is 5.78. The Hall–Kier alpha value is -1.53. The molecule has 0 aromatic carbocycles. The summed E-state index contributed by atoms with van der Waals surface area (Å²) in [5.41, 5.74) is 0. The highest BCUT2D eigenvalue weighted by atomic mass is 16.5. The molecule has 6 heteroatoms. The van der Waals surface area contributed by atoms with E-state index in [4.69, 9.17) is 18.9 Å². The van der Waals surface area contributed by atoms with Gasteiger partial charge in [-0.3, -0.25) is 4.99 Å². The average molecular weight is 335 g/mol. The minimum Gasteiger partial charge on any atom is -0.469 e. The van der Waals surface area contributed by atoms with E-state index in [1.807, 2.05) is 12.1 Å². The number of nitrogens with one attached hydrogen (secondary N) is 2. The summed E-state index contributed by atoms with van der Waals surface area (Å²) in [6, 6.07) is 3.91. The molecule has 24 heavy (non-hydrogen) atoms. The van der Waals surface area contributed by atoms with Gasteiger partial charge in [0.15, 0.2) is 5.96 Å². The molecule has 134 valence electrons. The predicted octanol–water partition coefficient (Wildman–Crippen LogP) is 2.11. The lowest BCUT2D eigenvalue weighted by molar-refractivity contribution is 0.0194. The summed E-state index contributed by atoms with van der Waals surface area (Å²) in [5.74, 6) is 1.82. The lowest BCUT2D eigenvalue weighted by Crippen LogP contribution is -2.43. The van der Waals surface area contributed by atoms with E-state index in [2.05, 4.69) is 10.6 Å². The molecule has 2 saturated heterocycles. The zero-order valence-corrected chi connectivity index (χ0v) is 14.3. The van der Waals surface area contributed by atoms with Crippen LogP contribution in [-0.4, -0.2) is 51.0 Å². The van der Waals surface area contributed by atoms with E-state index in [1.54, 1.807) is 6.26 Å². The van der Waals surface area contributed by atoms with Crippen LogP contribution >= 0.6 is 0 Å². The van der Waals surface area contributed by atoms with Gasteiger partial charge in [-0.2, -0.15) is 0 Å². The van der Waals surface area contributed by atoms with Crippen molar-refractivity contribution in [1.82, 2.24) is 10.6 Å². The van der Waals surface area contributed by atoms with Gasteiger partial charge >= 0.3 is 0 Å². The molecule has 2 unspecified atom stereocenters. The summed E-state index contributed by atoms with van der Waals surface area (Å²) in [7, 11) is 0. The van der Waals surface area contributed by atoms with Gasteiger partial charge in [0.25, 0.3) is 0 Å². The Labute approximate surface area is 144 Å². The van der Waals surface area contributed by atoms with E-state index in [1.165, 1.54) is 12.8 Å². The Morgan fingerprint density at radius 1 is 1.08 bits per heavy atom. The van der Waals surface area contributed by atoms with Gasteiger partial charge < -0.3 is 24.5 Å². The highest BCUT2D eigenvalue weighted by Gasteiger charge is 2.16. The standard InChI is InChI=1S/C18H29N3O3/c1-2-10-23-16(5-1)13-20-18(21-14-17-7-4-12-24-17)19-9-8-15-6-3-11-22-15/h3,6,11,16-17H,1-2,4-5,7-10,12-14H2,(H2,19,20,21). The fourth-order valence-corrected chi connectivity index (χ4v) is 3.09. The Kier molecular flexibility index (Phi) is 6.98. The Balaban J connectivity index is 1.45. The first-order chi connectivity index (χ1) is 11.9. The number of aliphatic imine (C=N–C) groups is 1. The number of hydrogen-bond donors (Lipinski definition) is 2. The molecule has 6 nitrogen and oxygen atoms in total. The third kappa shape index (κ3) is 5.83. The number of nitrogens with zero attached hydrogens (tertiary/aromatic N) is 1. The molecule has 0 spiro atoms. The van der Waals surface area contributed by atoms with Gasteiger partial charge in [0.1, 0.15) is 5.76 Å². The van der Waals surface area contributed by atoms with Crippen LogP contribution in [0, 0.1) is 0 Å². The lowest BCUT2D eigenvalue weighted by atomic mass is 10.1. The average Bonchev–Trinajstić information content (AvgIpc) is 3.31. The minimum atomic E-state index is 0.264. The summed E-state index contributed by atoms with van der Waals surface area (Å²) in [6.07, 6.45) is 8.91. The van der Waals surface area contributed by atoms with Crippen LogP contribution in [0.3, 0.4) is 0 Å². The molecular weight excluding hydrogens is 306 g/mol. The molecule has 0 bridgehead atoms. The summed E-state index contributed by atoms with van der Waals surface area (Å²) in [4.78, 5) is 4.69. The number of furan rings is 1. The molecule has 2 fully saturated rings. The van der Waals surface area contributed by atoms with Crippen molar-refractivity contribution < 1.29 is 13.9 Å². The number of ether oxygens (including phenoxy) is 2. The summed E-state index contributed by atoms with van der Waals surface area (Å²) in [5, 5.41) is 6.81. The number of hydrogen-bond acceptors (Lipinski definition) is 4. The van der Waals surface area contributed by atoms with Crippen LogP contribution < -0.4 is 10.6 Å². The zero-order chi connectivity index (χ0) is 16.5. The lowest BCUT2D eigenvalue weighted by Gasteiger charge is -2.24. The largest absolute Gasteiger partial charge is 0.469 e. The molecule has 0 radical (unpaired) electrons. The van der Waals surface area contributed by atoms with Crippen molar-refractivity contribution in [1.29, 1.82) is 0 Å². The van der Waals surface area contributed by atoms with Crippen molar-refractivity contribution in [3.8, 4) is 0 Å². The van der Waals surface area contributed by atoms with Crippen molar-refractivity contribution in [3.63, 3.8) is 0 Å². The molecular formula is C18H29N3O3. The van der Waals surface area contributed by atoms with Crippen LogP contribution in [0.25, 0.3) is 0 Å². The van der Waals surface area contributed by atoms with Gasteiger partial charge in [0.2, 0.25) is 0 Å². The molecule has 3 heterocycles. The quantitative estimate of drug-likeness (QED) is 0.590. The second-order valence-electron chi connectivity index (χ2n) is 6.45. The molecule has 0 saturated carbocycles. The normalized spacial score (nSPS) is 24.9. The molecule has 1 aromatic rings. The predicted molar refractivity (Wildman–Crippen MR) is 93.3 cm³/mol. The van der Waals surface area contributed by atoms with E-state index >= 15 is 0 Å². The maximum Gasteiger partial charge on any atom is 0.191 e. The van der Waals surface area contributed by atoms with E-state index in [0.717, 1.165) is 63.7 Å². The molecule has 0 aliphatic carbocycles. The van der Waals surface area contributed by atoms with Crippen LogP contribution in [0.1, 0.15) is 37.9 Å². The van der Waals surface area contributed by atoms with Crippen LogP contribution in [-0.2, 0) is 15.9 Å². The van der Waals surface area contributed by atoms with E-state index in [-0.39, 0.29) is 6.10 Å². The summed E-state index contributed by atoms with van der Waals surface area (Å²) in [6.45, 7) is 4.04. The Morgan fingerprint density at radius 3 is 2.71 bits per heavy atom. The van der Waals surface area contributed by atoms with Gasteiger partial charge in [-0.15, -0.1) is 0 Å². The number of guanidine groups is 1. The first-order valence-corrected chi connectivity index (χ1v) is 9.18. The second-order valence-corrected chi connectivity index (χ2v) is 6.45. The van der Waals surface area contributed by atoms with Crippen molar-refractivity contribution in [3.05, 3.63) is 24.2 Å². The van der Waals surface area contributed by atoms with Gasteiger partial charge in [0.05, 0.1) is 25.0 Å². The van der Waals surface area contributed by atoms with E-state index < -0.39 is 0 Å². The fourth-order valence-electron chi connectivity index (χ4n) is 3.09. The molecule has 0 amide bonds. The third-order valence-corrected chi connectivity index (χ3v) is 4.49. The molecule has 2 aliphatic heterocycles. The van der Waals surface area contributed by atoms with Crippen molar-refractivity contribution in [2.24, 2.45) is 4.99 Å². The summed E-state index contributed by atoms with van der Waals surface area (Å²) < 4.78 is 16.8.